The van der Waals surface area contributed by atoms with E-state index >= 15 is 0 Å². The Morgan fingerprint density at radius 1 is 0.577 bits per heavy atom. The van der Waals surface area contributed by atoms with Gasteiger partial charge in [0, 0.05) is 37.8 Å². The van der Waals surface area contributed by atoms with Gasteiger partial charge in [0.15, 0.2) is 11.6 Å². The summed E-state index contributed by atoms with van der Waals surface area (Å²) in [4.78, 5) is 63.7. The average Bonchev–Trinajstić information content (AvgIpc) is 3.13. The van der Waals surface area contributed by atoms with E-state index in [1.807, 2.05) is 24.3 Å². The summed E-state index contributed by atoms with van der Waals surface area (Å²) in [5.41, 5.74) is 1.90. The fraction of sp³-hybridized carbons (Fsp3) is 0.263. The number of aryl methyl sites for hydroxylation is 2. The summed E-state index contributed by atoms with van der Waals surface area (Å²) >= 11 is 0. The molecular weight excluding hydrogens is 702 g/mol. The van der Waals surface area contributed by atoms with Crippen LogP contribution < -0.4 is 62.4 Å². The van der Waals surface area contributed by atoms with Gasteiger partial charge in [0.05, 0.1) is 25.3 Å². The van der Waals surface area contributed by atoms with Gasteiger partial charge in [-0.25, -0.2) is 4.57 Å². The SMILES string of the molecule is CCC(=O)Oc1cc(OP(=O)([O-])Oc2ccc(C(=O)CCc3ccc(OC)cc3)c(OC(=O)CC)c2)ccc1C(=O)CCc1ccc(OC)cc1.[Na+]. The molecule has 4 aromatic carbocycles. The van der Waals surface area contributed by atoms with Crippen LogP contribution in [0.25, 0.3) is 0 Å². The molecule has 0 aromatic heterocycles. The molecule has 4 aromatic rings. The van der Waals surface area contributed by atoms with Crippen molar-refractivity contribution >= 4 is 31.3 Å². The van der Waals surface area contributed by atoms with Gasteiger partial charge < -0.3 is 32.9 Å². The number of benzene rings is 4. The molecule has 0 atom stereocenters. The fourth-order valence-corrected chi connectivity index (χ4v) is 5.57. The molecule has 0 saturated heterocycles. The van der Waals surface area contributed by atoms with Gasteiger partial charge >= 0.3 is 49.3 Å². The molecule has 52 heavy (non-hydrogen) atoms. The minimum Gasteiger partial charge on any atom is -0.736 e. The number of phosphoric ester groups is 1. The first-order chi connectivity index (χ1) is 24.4. The Morgan fingerprint density at radius 2 is 0.923 bits per heavy atom. The Morgan fingerprint density at radius 3 is 1.25 bits per heavy atom. The van der Waals surface area contributed by atoms with Crippen molar-refractivity contribution in [1.29, 1.82) is 0 Å². The Labute approximate surface area is 324 Å². The predicted octanol–water partition coefficient (Wildman–Crippen LogP) is 3.90. The van der Waals surface area contributed by atoms with E-state index in [1.54, 1.807) is 52.3 Å². The van der Waals surface area contributed by atoms with Crippen molar-refractivity contribution in [3.8, 4) is 34.5 Å². The van der Waals surface area contributed by atoms with Crippen LogP contribution in [0.5, 0.6) is 34.5 Å². The summed E-state index contributed by atoms with van der Waals surface area (Å²) < 4.78 is 44.3. The number of Topliss-reactive ketones (excluding diaryl/α,β-unsaturated/α-hetero) is 2. The molecule has 0 saturated carbocycles. The van der Waals surface area contributed by atoms with Crippen molar-refractivity contribution in [2.24, 2.45) is 0 Å². The minimum atomic E-state index is -5.18. The Kier molecular flexibility index (Phi) is 16.1. The molecule has 0 radical (unpaired) electrons. The van der Waals surface area contributed by atoms with E-state index in [0.717, 1.165) is 23.3 Å². The summed E-state index contributed by atoms with van der Waals surface area (Å²) in [6.45, 7) is 3.14. The van der Waals surface area contributed by atoms with Gasteiger partial charge in [0.25, 0.3) is 0 Å². The third kappa shape index (κ3) is 12.4. The summed E-state index contributed by atoms with van der Waals surface area (Å²) in [5.74, 6) is -1.55. The second-order valence-electron chi connectivity index (χ2n) is 11.1. The maximum absolute atomic E-state index is 13.1. The van der Waals surface area contributed by atoms with Gasteiger partial charge in [-0.05, 0) is 72.5 Å². The number of hydrogen-bond acceptors (Lipinski definition) is 12. The fourth-order valence-electron chi connectivity index (χ4n) is 4.78. The van der Waals surface area contributed by atoms with Gasteiger partial charge in [-0.15, -0.1) is 0 Å². The zero-order valence-corrected chi connectivity index (χ0v) is 32.6. The number of ketones is 2. The van der Waals surface area contributed by atoms with E-state index in [0.29, 0.717) is 24.3 Å². The molecule has 0 aliphatic heterocycles. The predicted molar refractivity (Wildman–Crippen MR) is 185 cm³/mol. The first kappa shape index (κ1) is 42.0. The Bertz CT molecular complexity index is 1770. The summed E-state index contributed by atoms with van der Waals surface area (Å²) in [7, 11) is -2.07. The second-order valence-corrected chi connectivity index (χ2v) is 12.4. The number of carbonyl (C=O) groups excluding carboxylic acids is 4. The molecule has 0 unspecified atom stereocenters. The largest absolute Gasteiger partial charge is 1.00 e. The second kappa shape index (κ2) is 20.0. The van der Waals surface area contributed by atoms with Crippen molar-refractivity contribution in [2.75, 3.05) is 14.2 Å². The molecule has 0 N–H and O–H groups in total. The smallest absolute Gasteiger partial charge is 0.736 e. The normalized spacial score (nSPS) is 10.7. The topological polar surface area (TPSA) is 164 Å². The number of carbonyl (C=O) groups is 4. The van der Waals surface area contributed by atoms with E-state index in [2.05, 4.69) is 0 Å². The first-order valence-corrected chi connectivity index (χ1v) is 17.6. The minimum absolute atomic E-state index is 0. The van der Waals surface area contributed by atoms with Crippen LogP contribution in [0.15, 0.2) is 84.9 Å². The van der Waals surface area contributed by atoms with E-state index in [4.69, 9.17) is 28.0 Å². The summed E-state index contributed by atoms with van der Waals surface area (Å²) in [6, 6.07) is 21.7. The standard InChI is InChI=1S/C38H39O12P.Na/c1-5-37(41)47-35-23-29(17-19-31(35)33(39)21-11-25-7-13-27(45-3)14-8-25)49-51(43,44)50-30-18-20-32(36(24-30)48-38(42)6-2)34(40)22-12-26-9-15-28(46-4)16-10-26;/h7-10,13-20,23-24H,5-6,11-12,21-22H2,1-4H3,(H,43,44);/q;+1/p-1. The third-order valence-corrected chi connectivity index (χ3v) is 8.43. The van der Waals surface area contributed by atoms with E-state index in [1.165, 1.54) is 24.3 Å². The van der Waals surface area contributed by atoms with E-state index in [-0.39, 0.29) is 101 Å². The van der Waals surface area contributed by atoms with Crippen molar-refractivity contribution in [3.05, 3.63) is 107 Å². The summed E-state index contributed by atoms with van der Waals surface area (Å²) in [6.07, 6.45) is 0.953. The maximum atomic E-state index is 13.1. The van der Waals surface area contributed by atoms with Gasteiger partial charge in [-0.2, -0.15) is 0 Å². The molecular formula is C38H38NaO12P. The molecule has 0 fully saturated rings. The maximum Gasteiger partial charge on any atom is 1.00 e. The van der Waals surface area contributed by atoms with E-state index < -0.39 is 19.8 Å². The number of ether oxygens (including phenoxy) is 4. The van der Waals surface area contributed by atoms with Gasteiger partial charge in [0.1, 0.15) is 34.5 Å². The Hall–Kier alpha value is -4.45. The number of rotatable bonds is 18. The van der Waals surface area contributed by atoms with Crippen molar-refractivity contribution in [1.82, 2.24) is 0 Å². The number of phosphoric acid groups is 1. The van der Waals surface area contributed by atoms with Crippen LogP contribution >= 0.6 is 7.82 Å². The first-order valence-electron chi connectivity index (χ1n) is 16.2. The number of esters is 2. The van der Waals surface area contributed by atoms with Crippen LogP contribution in [-0.2, 0) is 27.0 Å². The number of methoxy groups -OCH3 is 2. The Balaban J connectivity index is 0.00000729. The van der Waals surface area contributed by atoms with Crippen LogP contribution in [0.3, 0.4) is 0 Å². The average molecular weight is 741 g/mol. The van der Waals surface area contributed by atoms with Crippen molar-refractivity contribution in [3.63, 3.8) is 0 Å². The van der Waals surface area contributed by atoms with Gasteiger partial charge in [-0.1, -0.05) is 38.1 Å². The van der Waals surface area contributed by atoms with Crippen molar-refractivity contribution < 1.29 is 86.2 Å². The molecule has 268 valence electrons. The van der Waals surface area contributed by atoms with Crippen LogP contribution in [0.1, 0.15) is 71.4 Å². The van der Waals surface area contributed by atoms with Gasteiger partial charge in [0.2, 0.25) is 0 Å². The van der Waals surface area contributed by atoms with Gasteiger partial charge in [-0.3, -0.25) is 19.2 Å². The quantitative estimate of drug-likeness (QED) is 0.0476. The molecule has 0 spiro atoms. The zero-order chi connectivity index (χ0) is 37.0. The summed E-state index contributed by atoms with van der Waals surface area (Å²) in [5, 5.41) is 0. The monoisotopic (exact) mass is 740 g/mol. The van der Waals surface area contributed by atoms with Crippen molar-refractivity contribution in [2.45, 2.75) is 52.4 Å². The number of hydrogen-bond donors (Lipinski definition) is 0. The van der Waals surface area contributed by atoms with Crippen LogP contribution in [0.4, 0.5) is 0 Å². The third-order valence-electron chi connectivity index (χ3n) is 7.57. The molecule has 14 heteroatoms. The van der Waals surface area contributed by atoms with E-state index in [9.17, 15) is 28.6 Å². The molecule has 0 amide bonds. The zero-order valence-electron chi connectivity index (χ0n) is 29.7. The molecule has 0 aliphatic carbocycles. The van der Waals surface area contributed by atoms with Crippen LogP contribution in [-0.4, -0.2) is 37.7 Å². The molecule has 0 aliphatic rings. The molecule has 12 nitrogen and oxygen atoms in total. The molecule has 0 bridgehead atoms. The molecule has 4 rings (SSSR count). The van der Waals surface area contributed by atoms with Crippen LogP contribution in [0, 0.1) is 0 Å². The molecule has 0 heterocycles. The van der Waals surface area contributed by atoms with Crippen LogP contribution in [0.2, 0.25) is 0 Å².